The predicted octanol–water partition coefficient (Wildman–Crippen LogP) is 3.60. The maximum Gasteiger partial charge on any atom is 0.196 e. The van der Waals surface area contributed by atoms with Crippen molar-refractivity contribution in [2.45, 2.75) is 6.54 Å². The van der Waals surface area contributed by atoms with Crippen LogP contribution >= 0.6 is 0 Å². The Morgan fingerprint density at radius 2 is 1.81 bits per heavy atom. The van der Waals surface area contributed by atoms with Crippen LogP contribution in [-0.2, 0) is 13.6 Å². The topological polar surface area (TPSA) is 29.9 Å². The molecule has 0 atom stereocenters. The number of benzene rings is 2. The van der Waals surface area contributed by atoms with Gasteiger partial charge in [0.1, 0.15) is 5.82 Å². The number of rotatable bonds is 3. The molecule has 0 saturated heterocycles. The van der Waals surface area contributed by atoms with E-state index in [1.165, 1.54) is 0 Å². The molecule has 1 N–H and O–H groups in total. The summed E-state index contributed by atoms with van der Waals surface area (Å²) in [6, 6.07) is 9.62. The number of para-hydroxylation sites is 2. The zero-order valence-corrected chi connectivity index (χ0v) is 11.2. The Morgan fingerprint density at radius 3 is 2.57 bits per heavy atom. The highest BCUT2D eigenvalue weighted by molar-refractivity contribution is 5.75. The van der Waals surface area contributed by atoms with E-state index in [0.717, 1.165) is 23.2 Å². The monoisotopic (exact) mass is 291 g/mol. The Balaban J connectivity index is 1.87. The van der Waals surface area contributed by atoms with E-state index in [1.807, 2.05) is 35.9 Å². The van der Waals surface area contributed by atoms with Crippen LogP contribution in [0.2, 0.25) is 0 Å². The van der Waals surface area contributed by atoms with E-state index < -0.39 is 17.5 Å². The van der Waals surface area contributed by atoms with Gasteiger partial charge in [-0.3, -0.25) is 0 Å². The first-order chi connectivity index (χ1) is 10.1. The molecule has 1 heterocycles. The van der Waals surface area contributed by atoms with Gasteiger partial charge in [-0.25, -0.2) is 18.2 Å². The molecule has 2 aromatic carbocycles. The summed E-state index contributed by atoms with van der Waals surface area (Å²) in [5, 5.41) is 2.73. The van der Waals surface area contributed by atoms with Crippen LogP contribution in [-0.4, -0.2) is 9.55 Å². The second-order valence-electron chi connectivity index (χ2n) is 4.65. The van der Waals surface area contributed by atoms with E-state index in [2.05, 4.69) is 10.3 Å². The summed E-state index contributed by atoms with van der Waals surface area (Å²) in [5.41, 5.74) is 1.67. The van der Waals surface area contributed by atoms with E-state index in [9.17, 15) is 13.2 Å². The van der Waals surface area contributed by atoms with Gasteiger partial charge >= 0.3 is 0 Å². The summed E-state index contributed by atoms with van der Waals surface area (Å²) in [6.45, 7) is 0.202. The lowest BCUT2D eigenvalue weighted by Crippen LogP contribution is -2.08. The molecule has 6 heteroatoms. The quantitative estimate of drug-likeness (QED) is 0.747. The average molecular weight is 291 g/mol. The van der Waals surface area contributed by atoms with Gasteiger partial charge in [0.2, 0.25) is 0 Å². The van der Waals surface area contributed by atoms with Crippen molar-refractivity contribution >= 4 is 16.7 Å². The molecule has 21 heavy (non-hydrogen) atoms. The lowest BCUT2D eigenvalue weighted by molar-refractivity contribution is 0.449. The summed E-state index contributed by atoms with van der Waals surface area (Å²) in [6.07, 6.45) is 0. The standard InChI is InChI=1S/C15H12F3N3/c1-21-12-5-3-2-4-10(12)20-13(21)8-19-11-7-6-9(16)14(17)15(11)18/h2-7,19H,8H2,1H3. The zero-order chi connectivity index (χ0) is 15.0. The molecule has 3 rings (SSSR count). The summed E-state index contributed by atoms with van der Waals surface area (Å²) in [7, 11) is 1.84. The first-order valence-electron chi connectivity index (χ1n) is 6.35. The first kappa shape index (κ1) is 13.5. The van der Waals surface area contributed by atoms with Crippen LogP contribution < -0.4 is 5.32 Å². The van der Waals surface area contributed by atoms with Crippen LogP contribution in [0.3, 0.4) is 0 Å². The maximum absolute atomic E-state index is 13.6. The first-order valence-corrected chi connectivity index (χ1v) is 6.35. The van der Waals surface area contributed by atoms with Gasteiger partial charge in [-0.15, -0.1) is 0 Å². The van der Waals surface area contributed by atoms with Gasteiger partial charge in [0.25, 0.3) is 0 Å². The summed E-state index contributed by atoms with van der Waals surface area (Å²) >= 11 is 0. The van der Waals surface area contributed by atoms with Crippen LogP contribution in [0.25, 0.3) is 11.0 Å². The van der Waals surface area contributed by atoms with E-state index in [0.29, 0.717) is 5.82 Å². The minimum atomic E-state index is -1.48. The summed E-state index contributed by atoms with van der Waals surface area (Å²) in [5.74, 6) is -3.25. The largest absolute Gasteiger partial charge is 0.375 e. The molecule has 0 aliphatic rings. The Labute approximate surface area is 119 Å². The molecule has 0 bridgehead atoms. The van der Waals surface area contributed by atoms with Gasteiger partial charge in [0, 0.05) is 7.05 Å². The highest BCUT2D eigenvalue weighted by atomic mass is 19.2. The number of halogens is 3. The van der Waals surface area contributed by atoms with Gasteiger partial charge in [-0.05, 0) is 24.3 Å². The van der Waals surface area contributed by atoms with E-state index in [1.54, 1.807) is 0 Å². The van der Waals surface area contributed by atoms with E-state index in [-0.39, 0.29) is 12.2 Å². The molecule has 108 valence electrons. The average Bonchev–Trinajstić information content (AvgIpc) is 2.81. The third-order valence-electron chi connectivity index (χ3n) is 3.35. The number of hydrogen-bond donors (Lipinski definition) is 1. The van der Waals surface area contributed by atoms with Gasteiger partial charge in [0.05, 0.1) is 23.3 Å². The highest BCUT2D eigenvalue weighted by Crippen LogP contribution is 2.21. The molecular formula is C15H12F3N3. The lowest BCUT2D eigenvalue weighted by atomic mass is 10.3. The molecular weight excluding hydrogens is 279 g/mol. The maximum atomic E-state index is 13.6. The molecule has 0 spiro atoms. The summed E-state index contributed by atoms with van der Waals surface area (Å²) in [4.78, 5) is 4.41. The molecule has 0 fully saturated rings. The van der Waals surface area contributed by atoms with E-state index >= 15 is 0 Å². The number of nitrogens with zero attached hydrogens (tertiary/aromatic N) is 2. The predicted molar refractivity (Wildman–Crippen MR) is 74.4 cm³/mol. The minimum absolute atomic E-state index is 0.0963. The molecule has 0 radical (unpaired) electrons. The van der Waals surface area contributed by atoms with Crippen molar-refractivity contribution in [3.05, 3.63) is 59.7 Å². The van der Waals surface area contributed by atoms with Crippen molar-refractivity contribution in [1.82, 2.24) is 9.55 Å². The third kappa shape index (κ3) is 2.33. The fourth-order valence-electron chi connectivity index (χ4n) is 2.19. The number of anilines is 1. The number of nitrogens with one attached hydrogen (secondary N) is 1. The number of imidazole rings is 1. The van der Waals surface area contributed by atoms with Gasteiger partial charge in [0.15, 0.2) is 17.5 Å². The molecule has 0 aliphatic carbocycles. The Bertz CT molecular complexity index is 811. The fourth-order valence-corrected chi connectivity index (χ4v) is 2.19. The lowest BCUT2D eigenvalue weighted by Gasteiger charge is -2.08. The minimum Gasteiger partial charge on any atom is -0.375 e. The molecule has 0 aliphatic heterocycles. The van der Waals surface area contributed by atoms with Crippen molar-refractivity contribution in [2.24, 2.45) is 7.05 Å². The zero-order valence-electron chi connectivity index (χ0n) is 11.2. The second-order valence-corrected chi connectivity index (χ2v) is 4.65. The molecule has 0 amide bonds. The SMILES string of the molecule is Cn1c(CNc2ccc(F)c(F)c2F)nc2ccccc21. The molecule has 0 unspecified atom stereocenters. The summed E-state index contributed by atoms with van der Waals surface area (Å²) < 4.78 is 41.4. The molecule has 1 aromatic heterocycles. The van der Waals surface area contributed by atoms with Gasteiger partial charge in [-0.2, -0.15) is 0 Å². The van der Waals surface area contributed by atoms with Crippen molar-refractivity contribution in [3.8, 4) is 0 Å². The van der Waals surface area contributed by atoms with Gasteiger partial charge < -0.3 is 9.88 Å². The second kappa shape index (κ2) is 5.12. The van der Waals surface area contributed by atoms with E-state index in [4.69, 9.17) is 0 Å². The van der Waals surface area contributed by atoms with Gasteiger partial charge in [-0.1, -0.05) is 12.1 Å². The molecule has 3 aromatic rings. The number of hydrogen-bond acceptors (Lipinski definition) is 2. The number of aryl methyl sites for hydroxylation is 1. The Hall–Kier alpha value is -2.50. The van der Waals surface area contributed by atoms with Crippen LogP contribution in [0, 0.1) is 17.5 Å². The van der Waals surface area contributed by atoms with Crippen LogP contribution in [0.1, 0.15) is 5.82 Å². The highest BCUT2D eigenvalue weighted by Gasteiger charge is 2.14. The number of aromatic nitrogens is 2. The van der Waals surface area contributed by atoms with Crippen molar-refractivity contribution < 1.29 is 13.2 Å². The third-order valence-corrected chi connectivity index (χ3v) is 3.35. The van der Waals surface area contributed by atoms with Crippen LogP contribution in [0.4, 0.5) is 18.9 Å². The molecule has 0 saturated carbocycles. The Kier molecular flexibility index (Phi) is 3.29. The van der Waals surface area contributed by atoms with Crippen molar-refractivity contribution in [2.75, 3.05) is 5.32 Å². The van der Waals surface area contributed by atoms with Crippen LogP contribution in [0.15, 0.2) is 36.4 Å². The normalized spacial score (nSPS) is 11.0. The van der Waals surface area contributed by atoms with Crippen molar-refractivity contribution in [3.63, 3.8) is 0 Å². The van der Waals surface area contributed by atoms with Crippen molar-refractivity contribution in [1.29, 1.82) is 0 Å². The molecule has 3 nitrogen and oxygen atoms in total. The van der Waals surface area contributed by atoms with Crippen LogP contribution in [0.5, 0.6) is 0 Å². The Morgan fingerprint density at radius 1 is 1.05 bits per heavy atom. The number of fused-ring (bicyclic) bond motifs is 1. The smallest absolute Gasteiger partial charge is 0.196 e. The fraction of sp³-hybridized carbons (Fsp3) is 0.133.